The Labute approximate surface area is 90.3 Å². The molecule has 1 radical (unpaired) electrons. The first-order chi connectivity index (χ1) is 7.29. The van der Waals surface area contributed by atoms with Gasteiger partial charge in [-0.15, -0.1) is 0 Å². The Morgan fingerprint density at radius 2 is 2.00 bits per heavy atom. The van der Waals surface area contributed by atoms with Gasteiger partial charge < -0.3 is 0 Å². The van der Waals surface area contributed by atoms with Gasteiger partial charge in [0.2, 0.25) is 6.29 Å². The van der Waals surface area contributed by atoms with E-state index in [2.05, 4.69) is 0 Å². The Balaban J connectivity index is 2.69. The van der Waals surface area contributed by atoms with Crippen molar-refractivity contribution in [1.82, 2.24) is 0 Å². The molecular weight excluding hydrogens is 188 g/mol. The lowest BCUT2D eigenvalue weighted by Gasteiger charge is -2.07. The van der Waals surface area contributed by atoms with E-state index in [-0.39, 0.29) is 5.78 Å². The first-order valence-corrected chi connectivity index (χ1v) is 5.26. The predicted molar refractivity (Wildman–Crippen MR) is 59.5 cm³/mol. The van der Waals surface area contributed by atoms with Crippen molar-refractivity contribution < 1.29 is 9.59 Å². The van der Waals surface area contributed by atoms with Crippen LogP contribution in [-0.2, 0) is 4.79 Å². The van der Waals surface area contributed by atoms with Crippen LogP contribution in [0.15, 0.2) is 30.3 Å². The molecule has 0 aliphatic heterocycles. The molecule has 0 amide bonds. The molecule has 79 valence electrons. The lowest BCUT2D eigenvalue weighted by atomic mass is 9.94. The van der Waals surface area contributed by atoms with E-state index in [9.17, 15) is 9.59 Å². The molecule has 1 unspecified atom stereocenters. The van der Waals surface area contributed by atoms with Gasteiger partial charge in [0.25, 0.3) is 0 Å². The fourth-order valence-electron chi connectivity index (χ4n) is 1.46. The fraction of sp³-hybridized carbons (Fsp3) is 0.385. The van der Waals surface area contributed by atoms with Gasteiger partial charge in [0, 0.05) is 5.56 Å². The second-order valence-corrected chi connectivity index (χ2v) is 3.54. The number of hydrogen-bond acceptors (Lipinski definition) is 2. The topological polar surface area (TPSA) is 34.1 Å². The van der Waals surface area contributed by atoms with Gasteiger partial charge >= 0.3 is 0 Å². The van der Waals surface area contributed by atoms with E-state index in [4.69, 9.17) is 0 Å². The Hall–Kier alpha value is -1.44. The monoisotopic (exact) mass is 203 g/mol. The molecule has 1 atom stereocenters. The number of carbonyl (C=O) groups is 1. The second-order valence-electron chi connectivity index (χ2n) is 3.54. The molecule has 0 aromatic heterocycles. The lowest BCUT2D eigenvalue weighted by Crippen LogP contribution is -2.16. The van der Waals surface area contributed by atoms with Gasteiger partial charge in [-0.1, -0.05) is 50.1 Å². The Kier molecular flexibility index (Phi) is 4.75. The summed E-state index contributed by atoms with van der Waals surface area (Å²) in [5, 5.41) is 0. The van der Waals surface area contributed by atoms with Crippen molar-refractivity contribution in [1.29, 1.82) is 0 Å². The van der Waals surface area contributed by atoms with E-state index in [0.717, 1.165) is 12.8 Å². The van der Waals surface area contributed by atoms with Crippen LogP contribution in [0.5, 0.6) is 0 Å². The average Bonchev–Trinajstić information content (AvgIpc) is 2.31. The SMILES string of the molecule is CCCCC([C]=O)C(=O)c1ccccc1. The van der Waals surface area contributed by atoms with Gasteiger partial charge in [0.05, 0.1) is 5.92 Å². The van der Waals surface area contributed by atoms with E-state index in [1.54, 1.807) is 24.3 Å². The first-order valence-electron chi connectivity index (χ1n) is 5.26. The highest BCUT2D eigenvalue weighted by Gasteiger charge is 2.19. The molecule has 1 aromatic carbocycles. The molecule has 0 saturated carbocycles. The van der Waals surface area contributed by atoms with Gasteiger partial charge in [0.15, 0.2) is 5.78 Å². The summed E-state index contributed by atoms with van der Waals surface area (Å²) in [6.07, 6.45) is 4.31. The van der Waals surface area contributed by atoms with E-state index >= 15 is 0 Å². The zero-order valence-electron chi connectivity index (χ0n) is 8.90. The third-order valence-electron chi connectivity index (χ3n) is 2.36. The van der Waals surface area contributed by atoms with Crippen molar-refractivity contribution in [3.63, 3.8) is 0 Å². The molecular formula is C13H15O2. The second kappa shape index (κ2) is 6.12. The molecule has 0 aliphatic rings. The summed E-state index contributed by atoms with van der Waals surface area (Å²) in [6.45, 7) is 2.04. The number of unbranched alkanes of at least 4 members (excludes halogenated alkanes) is 1. The molecule has 2 nitrogen and oxygen atoms in total. The van der Waals surface area contributed by atoms with Crippen molar-refractivity contribution >= 4 is 12.1 Å². The van der Waals surface area contributed by atoms with Crippen LogP contribution in [0.3, 0.4) is 0 Å². The third kappa shape index (κ3) is 3.31. The number of hydrogen-bond donors (Lipinski definition) is 0. The maximum atomic E-state index is 11.8. The molecule has 1 rings (SSSR count). The third-order valence-corrected chi connectivity index (χ3v) is 2.36. The first kappa shape index (κ1) is 11.6. The van der Waals surface area contributed by atoms with Crippen LogP contribution in [0.1, 0.15) is 36.5 Å². The van der Waals surface area contributed by atoms with Gasteiger partial charge in [-0.25, -0.2) is 0 Å². The zero-order valence-corrected chi connectivity index (χ0v) is 8.90. The summed E-state index contributed by atoms with van der Waals surface area (Å²) >= 11 is 0. The van der Waals surface area contributed by atoms with Crippen LogP contribution in [-0.4, -0.2) is 12.1 Å². The maximum Gasteiger partial charge on any atom is 0.209 e. The smallest absolute Gasteiger partial charge is 0.209 e. The normalized spacial score (nSPS) is 12.1. The quantitative estimate of drug-likeness (QED) is 0.526. The van der Waals surface area contributed by atoms with Crippen molar-refractivity contribution in [3.8, 4) is 0 Å². The molecule has 0 N–H and O–H groups in total. The molecule has 0 heterocycles. The zero-order chi connectivity index (χ0) is 11.1. The number of rotatable bonds is 6. The number of ketones is 1. The highest BCUT2D eigenvalue weighted by Crippen LogP contribution is 2.13. The summed E-state index contributed by atoms with van der Waals surface area (Å²) in [6, 6.07) is 8.92. The molecule has 0 aliphatic carbocycles. The Bertz CT molecular complexity index is 317. The Morgan fingerprint density at radius 1 is 1.33 bits per heavy atom. The molecule has 15 heavy (non-hydrogen) atoms. The van der Waals surface area contributed by atoms with Gasteiger partial charge in [-0.2, -0.15) is 0 Å². The summed E-state index contributed by atoms with van der Waals surface area (Å²) in [5.41, 5.74) is 0.599. The van der Waals surface area contributed by atoms with Crippen LogP contribution in [0.4, 0.5) is 0 Å². The molecule has 0 bridgehead atoms. The maximum absolute atomic E-state index is 11.8. The summed E-state index contributed by atoms with van der Waals surface area (Å²) < 4.78 is 0. The largest absolute Gasteiger partial charge is 0.293 e. The number of carbonyl (C=O) groups excluding carboxylic acids is 2. The number of Topliss-reactive ketones (excluding diaryl/α,β-unsaturated/α-hetero) is 1. The highest BCUT2D eigenvalue weighted by molar-refractivity contribution is 6.05. The molecule has 1 aromatic rings. The lowest BCUT2D eigenvalue weighted by molar-refractivity contribution is 0.0947. The van der Waals surface area contributed by atoms with E-state index in [1.807, 2.05) is 19.3 Å². The molecule has 0 fully saturated rings. The minimum Gasteiger partial charge on any atom is -0.293 e. The van der Waals surface area contributed by atoms with Crippen LogP contribution >= 0.6 is 0 Å². The standard InChI is InChI=1S/C13H15O2/c1-2-3-7-12(10-14)13(15)11-8-5-4-6-9-11/h4-6,8-9,12H,2-3,7H2,1H3. The van der Waals surface area contributed by atoms with Gasteiger partial charge in [-0.05, 0) is 6.42 Å². The molecule has 0 saturated heterocycles. The van der Waals surface area contributed by atoms with Gasteiger partial charge in [0.1, 0.15) is 0 Å². The van der Waals surface area contributed by atoms with Crippen molar-refractivity contribution in [2.75, 3.05) is 0 Å². The Morgan fingerprint density at radius 3 is 2.53 bits per heavy atom. The minimum absolute atomic E-state index is 0.112. The van der Waals surface area contributed by atoms with Crippen LogP contribution in [0, 0.1) is 5.92 Å². The van der Waals surface area contributed by atoms with E-state index < -0.39 is 5.92 Å². The van der Waals surface area contributed by atoms with Crippen LogP contribution in [0.2, 0.25) is 0 Å². The van der Waals surface area contributed by atoms with E-state index in [1.165, 1.54) is 0 Å². The van der Waals surface area contributed by atoms with Crippen molar-refractivity contribution in [3.05, 3.63) is 35.9 Å². The van der Waals surface area contributed by atoms with Crippen LogP contribution in [0.25, 0.3) is 0 Å². The van der Waals surface area contributed by atoms with E-state index in [0.29, 0.717) is 12.0 Å². The highest BCUT2D eigenvalue weighted by atomic mass is 16.1. The fourth-order valence-corrected chi connectivity index (χ4v) is 1.46. The molecule has 2 heteroatoms. The van der Waals surface area contributed by atoms with Crippen molar-refractivity contribution in [2.45, 2.75) is 26.2 Å². The van der Waals surface area contributed by atoms with Crippen LogP contribution < -0.4 is 0 Å². The van der Waals surface area contributed by atoms with Gasteiger partial charge in [-0.3, -0.25) is 9.59 Å². The summed E-state index contributed by atoms with van der Waals surface area (Å²) in [5.74, 6) is -0.702. The molecule has 0 spiro atoms. The summed E-state index contributed by atoms with van der Waals surface area (Å²) in [7, 11) is 0. The van der Waals surface area contributed by atoms with Crippen molar-refractivity contribution in [2.24, 2.45) is 5.92 Å². The number of benzene rings is 1. The minimum atomic E-state index is -0.590. The predicted octanol–water partition coefficient (Wildman–Crippen LogP) is 2.79. The summed E-state index contributed by atoms with van der Waals surface area (Å²) in [4.78, 5) is 22.5. The average molecular weight is 203 g/mol.